The maximum absolute atomic E-state index is 11.9. The third-order valence-corrected chi connectivity index (χ3v) is 3.71. The molecule has 1 fully saturated rings. The van der Waals surface area contributed by atoms with E-state index in [-0.39, 0.29) is 12.0 Å². The first kappa shape index (κ1) is 14.0. The molecule has 4 nitrogen and oxygen atoms in total. The number of amides is 1. The third-order valence-electron chi connectivity index (χ3n) is 3.71. The monoisotopic (exact) mass is 286 g/mol. The van der Waals surface area contributed by atoms with E-state index in [9.17, 15) is 4.79 Å². The number of carbonyl (C=O) groups is 1. The topological polar surface area (TPSA) is 43.3 Å². The second-order valence-corrected chi connectivity index (χ2v) is 6.08. The lowest BCUT2D eigenvalue weighted by Crippen LogP contribution is -2.29. The molecule has 4 heteroatoms. The Labute approximate surface area is 125 Å². The molecule has 0 spiro atoms. The Bertz CT molecular complexity index is 641. The lowest BCUT2D eigenvalue weighted by molar-refractivity contribution is -0.121. The van der Waals surface area contributed by atoms with Crippen LogP contribution in [0.2, 0.25) is 0 Å². The Morgan fingerprint density at radius 3 is 2.90 bits per heavy atom. The highest BCUT2D eigenvalue weighted by atomic mass is 16.5. The number of nitrogens with zero attached hydrogens (tertiary/aromatic N) is 1. The van der Waals surface area contributed by atoms with E-state index < -0.39 is 0 Å². The highest BCUT2D eigenvalue weighted by Gasteiger charge is 2.21. The average Bonchev–Trinajstić information content (AvgIpc) is 3.18. The van der Waals surface area contributed by atoms with Gasteiger partial charge in [-0.05, 0) is 56.9 Å². The first-order valence-corrected chi connectivity index (χ1v) is 7.64. The molecule has 2 aromatic rings. The van der Waals surface area contributed by atoms with Crippen molar-refractivity contribution in [2.45, 2.75) is 39.3 Å². The van der Waals surface area contributed by atoms with Crippen LogP contribution < -0.4 is 10.1 Å². The van der Waals surface area contributed by atoms with E-state index in [2.05, 4.69) is 5.32 Å². The summed E-state index contributed by atoms with van der Waals surface area (Å²) in [5.41, 5.74) is 1.06. The molecule has 3 rings (SSSR count). The standard InChI is InChI=1S/C17H22N2O2/c1-12(2)21-15-5-6-16-14(9-15)7-8-19(16)11-17(20)18-10-13-3-4-13/h5-9,12-13H,3-4,10-11H2,1-2H3,(H,18,20). The number of aromatic nitrogens is 1. The molecule has 1 aliphatic rings. The summed E-state index contributed by atoms with van der Waals surface area (Å²) in [7, 11) is 0. The van der Waals surface area contributed by atoms with Crippen LogP contribution in [0.15, 0.2) is 30.5 Å². The van der Waals surface area contributed by atoms with Crippen LogP contribution in [-0.2, 0) is 11.3 Å². The van der Waals surface area contributed by atoms with Crippen LogP contribution in [0.5, 0.6) is 5.75 Å². The fraction of sp³-hybridized carbons (Fsp3) is 0.471. The molecule has 1 N–H and O–H groups in total. The molecule has 112 valence electrons. The van der Waals surface area contributed by atoms with Crippen molar-refractivity contribution in [3.05, 3.63) is 30.5 Å². The number of benzene rings is 1. The summed E-state index contributed by atoms with van der Waals surface area (Å²) in [6.45, 7) is 5.23. The van der Waals surface area contributed by atoms with Gasteiger partial charge in [-0.1, -0.05) is 0 Å². The van der Waals surface area contributed by atoms with Gasteiger partial charge in [-0.3, -0.25) is 4.79 Å². The third kappa shape index (κ3) is 3.57. The lowest BCUT2D eigenvalue weighted by atomic mass is 10.2. The van der Waals surface area contributed by atoms with Crippen LogP contribution in [0.4, 0.5) is 0 Å². The molecule has 1 amide bonds. The summed E-state index contributed by atoms with van der Waals surface area (Å²) in [5, 5.41) is 4.10. The first-order chi connectivity index (χ1) is 10.1. The van der Waals surface area contributed by atoms with E-state index in [0.29, 0.717) is 12.5 Å². The van der Waals surface area contributed by atoms with Gasteiger partial charge in [0.05, 0.1) is 6.10 Å². The zero-order valence-corrected chi connectivity index (χ0v) is 12.6. The van der Waals surface area contributed by atoms with Gasteiger partial charge in [0, 0.05) is 23.6 Å². The summed E-state index contributed by atoms with van der Waals surface area (Å²) < 4.78 is 7.68. The molecule has 0 saturated heterocycles. The number of hydrogen-bond donors (Lipinski definition) is 1. The zero-order valence-electron chi connectivity index (χ0n) is 12.6. The van der Waals surface area contributed by atoms with Crippen molar-refractivity contribution in [3.63, 3.8) is 0 Å². The van der Waals surface area contributed by atoms with Crippen LogP contribution in [0.25, 0.3) is 10.9 Å². The normalized spacial score (nSPS) is 14.6. The molecular weight excluding hydrogens is 264 g/mol. The lowest BCUT2D eigenvalue weighted by Gasteiger charge is -2.10. The van der Waals surface area contributed by atoms with Crippen molar-refractivity contribution >= 4 is 16.8 Å². The minimum atomic E-state index is 0.0851. The van der Waals surface area contributed by atoms with E-state index in [4.69, 9.17) is 4.74 Å². The van der Waals surface area contributed by atoms with Crippen molar-refractivity contribution in [1.82, 2.24) is 9.88 Å². The van der Waals surface area contributed by atoms with Gasteiger partial charge in [-0.25, -0.2) is 0 Å². The highest BCUT2D eigenvalue weighted by Crippen LogP contribution is 2.27. The van der Waals surface area contributed by atoms with Gasteiger partial charge in [0.25, 0.3) is 0 Å². The van der Waals surface area contributed by atoms with Crippen LogP contribution in [-0.4, -0.2) is 23.1 Å². The number of rotatable bonds is 6. The molecule has 0 atom stereocenters. The fourth-order valence-corrected chi connectivity index (χ4v) is 2.45. The van der Waals surface area contributed by atoms with Crippen LogP contribution in [0.3, 0.4) is 0 Å². The first-order valence-electron chi connectivity index (χ1n) is 7.64. The van der Waals surface area contributed by atoms with Crippen molar-refractivity contribution in [3.8, 4) is 5.75 Å². The highest BCUT2D eigenvalue weighted by molar-refractivity contribution is 5.84. The average molecular weight is 286 g/mol. The maximum atomic E-state index is 11.9. The summed E-state index contributed by atoms with van der Waals surface area (Å²) in [4.78, 5) is 11.9. The molecule has 1 aliphatic carbocycles. The quantitative estimate of drug-likeness (QED) is 0.887. The van der Waals surface area contributed by atoms with Crippen molar-refractivity contribution in [2.75, 3.05) is 6.54 Å². The van der Waals surface area contributed by atoms with Gasteiger partial charge in [0.15, 0.2) is 0 Å². The van der Waals surface area contributed by atoms with Gasteiger partial charge < -0.3 is 14.6 Å². The van der Waals surface area contributed by atoms with E-state index in [1.54, 1.807) is 0 Å². The fourth-order valence-electron chi connectivity index (χ4n) is 2.45. The Morgan fingerprint density at radius 2 is 2.19 bits per heavy atom. The van der Waals surface area contributed by atoms with Crippen molar-refractivity contribution < 1.29 is 9.53 Å². The number of nitrogens with one attached hydrogen (secondary N) is 1. The van der Waals surface area contributed by atoms with Crippen LogP contribution in [0, 0.1) is 5.92 Å². The van der Waals surface area contributed by atoms with E-state index in [1.165, 1.54) is 12.8 Å². The molecule has 0 unspecified atom stereocenters. The van der Waals surface area contributed by atoms with Crippen molar-refractivity contribution in [2.24, 2.45) is 5.92 Å². The summed E-state index contributed by atoms with van der Waals surface area (Å²) in [6, 6.07) is 8.02. The van der Waals surface area contributed by atoms with Crippen LogP contribution in [0.1, 0.15) is 26.7 Å². The number of ether oxygens (including phenoxy) is 1. The summed E-state index contributed by atoms with van der Waals surface area (Å²) in [6.07, 6.45) is 4.63. The Hall–Kier alpha value is -1.97. The second-order valence-electron chi connectivity index (χ2n) is 6.08. The number of hydrogen-bond acceptors (Lipinski definition) is 2. The van der Waals surface area contributed by atoms with Gasteiger partial charge in [0.2, 0.25) is 5.91 Å². The molecular formula is C17H22N2O2. The Morgan fingerprint density at radius 1 is 1.38 bits per heavy atom. The van der Waals surface area contributed by atoms with Gasteiger partial charge in [-0.2, -0.15) is 0 Å². The molecule has 1 aromatic carbocycles. The Kier molecular flexibility index (Phi) is 3.86. The minimum Gasteiger partial charge on any atom is -0.491 e. The Balaban J connectivity index is 1.69. The largest absolute Gasteiger partial charge is 0.491 e. The number of carbonyl (C=O) groups excluding carboxylic acids is 1. The molecule has 21 heavy (non-hydrogen) atoms. The molecule has 0 radical (unpaired) electrons. The molecule has 1 saturated carbocycles. The SMILES string of the molecule is CC(C)Oc1ccc2c(ccn2CC(=O)NCC2CC2)c1. The van der Waals surface area contributed by atoms with E-state index >= 15 is 0 Å². The van der Waals surface area contributed by atoms with Crippen molar-refractivity contribution in [1.29, 1.82) is 0 Å². The summed E-state index contributed by atoms with van der Waals surface area (Å²) in [5.74, 6) is 1.67. The van der Waals surface area contributed by atoms with Gasteiger partial charge >= 0.3 is 0 Å². The van der Waals surface area contributed by atoms with Gasteiger partial charge in [0.1, 0.15) is 12.3 Å². The molecule has 0 bridgehead atoms. The molecule has 1 heterocycles. The zero-order chi connectivity index (χ0) is 14.8. The maximum Gasteiger partial charge on any atom is 0.239 e. The van der Waals surface area contributed by atoms with E-state index in [1.807, 2.05) is 48.9 Å². The molecule has 0 aliphatic heterocycles. The second kappa shape index (κ2) is 5.80. The van der Waals surface area contributed by atoms with E-state index in [0.717, 1.165) is 23.2 Å². The summed E-state index contributed by atoms with van der Waals surface area (Å²) >= 11 is 0. The van der Waals surface area contributed by atoms with Crippen LogP contribution >= 0.6 is 0 Å². The number of fused-ring (bicyclic) bond motifs is 1. The van der Waals surface area contributed by atoms with Gasteiger partial charge in [-0.15, -0.1) is 0 Å². The predicted molar refractivity (Wildman–Crippen MR) is 83.4 cm³/mol. The smallest absolute Gasteiger partial charge is 0.239 e. The minimum absolute atomic E-state index is 0.0851. The predicted octanol–water partition coefficient (Wildman–Crippen LogP) is 2.95. The molecule has 1 aromatic heterocycles.